The second-order valence-corrected chi connectivity index (χ2v) is 8.21. The number of nitrogens with one attached hydrogen (secondary N) is 1. The molecule has 1 aliphatic carbocycles. The standard InChI is InChI=1S/C21H29N5O3/c22-19(27)17(15-5-2-1-3-6-15)24-21(28)18-16-7-4-10-23-20(16)26(25-18)13-14-8-11-29-12-9-14/h4,7,10,14-15,17H,1-3,5-6,8-9,11-13H2,(H2,22,27)(H,24,28)/t17-/m0/s1. The zero-order chi connectivity index (χ0) is 20.2. The minimum absolute atomic E-state index is 0.0962. The molecule has 8 heteroatoms. The minimum atomic E-state index is -0.657. The highest BCUT2D eigenvalue weighted by atomic mass is 16.5. The van der Waals surface area contributed by atoms with Gasteiger partial charge >= 0.3 is 0 Å². The molecule has 2 aromatic heterocycles. The number of hydrogen-bond acceptors (Lipinski definition) is 5. The van der Waals surface area contributed by atoms with Crippen LogP contribution in [0.25, 0.3) is 11.0 Å². The van der Waals surface area contributed by atoms with Crippen LogP contribution >= 0.6 is 0 Å². The average molecular weight is 399 g/mol. The second-order valence-electron chi connectivity index (χ2n) is 8.21. The summed E-state index contributed by atoms with van der Waals surface area (Å²) in [4.78, 5) is 29.6. The number of rotatable bonds is 6. The fourth-order valence-corrected chi connectivity index (χ4v) is 4.58. The van der Waals surface area contributed by atoms with Gasteiger partial charge in [-0.3, -0.25) is 9.59 Å². The van der Waals surface area contributed by atoms with E-state index >= 15 is 0 Å². The third-order valence-corrected chi connectivity index (χ3v) is 6.21. The zero-order valence-corrected chi connectivity index (χ0v) is 16.7. The first kappa shape index (κ1) is 19.8. The summed E-state index contributed by atoms with van der Waals surface area (Å²) in [6, 6.07) is 2.99. The quantitative estimate of drug-likeness (QED) is 0.772. The number of nitrogens with zero attached hydrogens (tertiary/aromatic N) is 3. The summed E-state index contributed by atoms with van der Waals surface area (Å²) in [6.07, 6.45) is 8.78. The van der Waals surface area contributed by atoms with E-state index in [9.17, 15) is 9.59 Å². The Hall–Kier alpha value is -2.48. The molecule has 2 amide bonds. The van der Waals surface area contributed by atoms with Gasteiger partial charge in [-0.05, 0) is 49.7 Å². The monoisotopic (exact) mass is 399 g/mol. The lowest BCUT2D eigenvalue weighted by Gasteiger charge is -2.28. The molecule has 0 unspecified atom stereocenters. The van der Waals surface area contributed by atoms with Gasteiger partial charge in [-0.2, -0.15) is 5.10 Å². The van der Waals surface area contributed by atoms with Gasteiger partial charge in [0.2, 0.25) is 5.91 Å². The molecule has 1 atom stereocenters. The van der Waals surface area contributed by atoms with Gasteiger partial charge in [-0.15, -0.1) is 0 Å². The van der Waals surface area contributed by atoms with Crippen LogP contribution in [-0.4, -0.2) is 45.8 Å². The summed E-state index contributed by atoms with van der Waals surface area (Å²) in [7, 11) is 0. The number of aromatic nitrogens is 3. The van der Waals surface area contributed by atoms with E-state index < -0.39 is 11.9 Å². The van der Waals surface area contributed by atoms with Crippen LogP contribution in [0, 0.1) is 11.8 Å². The molecule has 3 heterocycles. The molecule has 0 radical (unpaired) electrons. The Morgan fingerprint density at radius 1 is 1.21 bits per heavy atom. The number of amides is 2. The van der Waals surface area contributed by atoms with Crippen LogP contribution in [0.3, 0.4) is 0 Å². The van der Waals surface area contributed by atoms with Gasteiger partial charge in [0.15, 0.2) is 11.3 Å². The first-order chi connectivity index (χ1) is 14.1. The molecular formula is C21H29N5O3. The van der Waals surface area contributed by atoms with Gasteiger partial charge in [0.25, 0.3) is 5.91 Å². The van der Waals surface area contributed by atoms with Crippen LogP contribution in [0.2, 0.25) is 0 Å². The van der Waals surface area contributed by atoms with E-state index in [0.717, 1.165) is 51.7 Å². The number of nitrogens with two attached hydrogens (primary N) is 1. The molecule has 29 heavy (non-hydrogen) atoms. The average Bonchev–Trinajstić information content (AvgIpc) is 3.12. The Morgan fingerprint density at radius 3 is 2.69 bits per heavy atom. The minimum Gasteiger partial charge on any atom is -0.381 e. The van der Waals surface area contributed by atoms with Crippen molar-refractivity contribution >= 4 is 22.8 Å². The Kier molecular flexibility index (Phi) is 6.08. The van der Waals surface area contributed by atoms with E-state index in [1.54, 1.807) is 12.3 Å². The summed E-state index contributed by atoms with van der Waals surface area (Å²) in [6.45, 7) is 2.21. The predicted octanol–water partition coefficient (Wildman–Crippen LogP) is 2.02. The van der Waals surface area contributed by atoms with Crippen molar-refractivity contribution in [2.75, 3.05) is 13.2 Å². The molecule has 2 aromatic rings. The second kappa shape index (κ2) is 8.90. The van der Waals surface area contributed by atoms with Crippen LogP contribution in [-0.2, 0) is 16.1 Å². The normalized spacial score (nSPS) is 19.9. The van der Waals surface area contributed by atoms with Crippen molar-refractivity contribution < 1.29 is 14.3 Å². The lowest BCUT2D eigenvalue weighted by molar-refractivity contribution is -0.121. The Morgan fingerprint density at radius 2 is 1.97 bits per heavy atom. The predicted molar refractivity (Wildman–Crippen MR) is 108 cm³/mol. The maximum Gasteiger partial charge on any atom is 0.273 e. The molecule has 0 spiro atoms. The first-order valence-electron chi connectivity index (χ1n) is 10.6. The summed E-state index contributed by atoms with van der Waals surface area (Å²) in [5.74, 6) is -0.290. The number of pyridine rings is 1. The van der Waals surface area contributed by atoms with Gasteiger partial charge in [0, 0.05) is 26.0 Å². The van der Waals surface area contributed by atoms with Crippen LogP contribution in [0.5, 0.6) is 0 Å². The summed E-state index contributed by atoms with van der Waals surface area (Å²) in [5.41, 5.74) is 6.63. The molecule has 3 N–H and O–H groups in total. The number of fused-ring (bicyclic) bond motifs is 1. The van der Waals surface area contributed by atoms with E-state index in [0.29, 0.717) is 29.2 Å². The molecule has 2 fully saturated rings. The van der Waals surface area contributed by atoms with Crippen LogP contribution in [0.15, 0.2) is 18.3 Å². The van der Waals surface area contributed by atoms with Crippen molar-refractivity contribution in [1.29, 1.82) is 0 Å². The van der Waals surface area contributed by atoms with E-state index in [2.05, 4.69) is 15.4 Å². The van der Waals surface area contributed by atoms with E-state index in [1.165, 1.54) is 6.42 Å². The highest BCUT2D eigenvalue weighted by Gasteiger charge is 2.31. The number of carbonyl (C=O) groups is 2. The van der Waals surface area contributed by atoms with Gasteiger partial charge in [-0.25, -0.2) is 9.67 Å². The van der Waals surface area contributed by atoms with Crippen molar-refractivity contribution in [2.45, 2.75) is 57.5 Å². The third kappa shape index (κ3) is 4.42. The van der Waals surface area contributed by atoms with E-state index in [4.69, 9.17) is 10.5 Å². The highest BCUT2D eigenvalue weighted by Crippen LogP contribution is 2.27. The number of ether oxygens (including phenoxy) is 1. The third-order valence-electron chi connectivity index (χ3n) is 6.21. The van der Waals surface area contributed by atoms with Gasteiger partial charge in [-0.1, -0.05) is 19.3 Å². The Balaban J connectivity index is 1.57. The number of primary amides is 1. The maximum absolute atomic E-state index is 13.1. The van der Waals surface area contributed by atoms with Crippen LogP contribution in [0.4, 0.5) is 0 Å². The molecule has 2 aliphatic rings. The van der Waals surface area contributed by atoms with Crippen LogP contribution in [0.1, 0.15) is 55.4 Å². The molecule has 8 nitrogen and oxygen atoms in total. The summed E-state index contributed by atoms with van der Waals surface area (Å²) in [5, 5.41) is 8.16. The summed E-state index contributed by atoms with van der Waals surface area (Å²) < 4.78 is 7.26. The summed E-state index contributed by atoms with van der Waals surface area (Å²) >= 11 is 0. The smallest absolute Gasteiger partial charge is 0.273 e. The lowest BCUT2D eigenvalue weighted by atomic mass is 9.83. The van der Waals surface area contributed by atoms with Crippen LogP contribution < -0.4 is 11.1 Å². The fraction of sp³-hybridized carbons (Fsp3) is 0.619. The molecule has 0 bridgehead atoms. The van der Waals surface area contributed by atoms with Gasteiger partial charge in [0.05, 0.1) is 5.39 Å². The topological polar surface area (TPSA) is 112 Å². The Bertz CT molecular complexity index is 868. The van der Waals surface area contributed by atoms with Gasteiger partial charge < -0.3 is 15.8 Å². The highest BCUT2D eigenvalue weighted by molar-refractivity contribution is 6.05. The number of carbonyl (C=O) groups excluding carboxylic acids is 2. The zero-order valence-electron chi connectivity index (χ0n) is 16.7. The molecule has 4 rings (SSSR count). The molecular weight excluding hydrogens is 370 g/mol. The van der Waals surface area contributed by atoms with Gasteiger partial charge in [0.1, 0.15) is 6.04 Å². The molecule has 156 valence electrons. The largest absolute Gasteiger partial charge is 0.381 e. The molecule has 1 saturated heterocycles. The fourth-order valence-electron chi connectivity index (χ4n) is 4.58. The van der Waals surface area contributed by atoms with Crippen molar-refractivity contribution in [3.63, 3.8) is 0 Å². The number of hydrogen-bond donors (Lipinski definition) is 2. The SMILES string of the molecule is NC(=O)[C@@H](NC(=O)c1nn(CC2CCOCC2)c2ncccc12)C1CCCCC1. The molecule has 1 aliphatic heterocycles. The molecule has 0 aromatic carbocycles. The molecule has 1 saturated carbocycles. The van der Waals surface area contributed by atoms with Crippen molar-refractivity contribution in [3.05, 3.63) is 24.0 Å². The Labute approximate surface area is 170 Å². The maximum atomic E-state index is 13.1. The van der Waals surface area contributed by atoms with E-state index in [1.807, 2.05) is 10.7 Å². The first-order valence-corrected chi connectivity index (χ1v) is 10.6. The lowest BCUT2D eigenvalue weighted by Crippen LogP contribution is -2.49. The van der Waals surface area contributed by atoms with E-state index in [-0.39, 0.29) is 11.8 Å². The van der Waals surface area contributed by atoms with Crippen molar-refractivity contribution in [3.8, 4) is 0 Å². The van der Waals surface area contributed by atoms with Crippen molar-refractivity contribution in [1.82, 2.24) is 20.1 Å². The van der Waals surface area contributed by atoms with Crippen molar-refractivity contribution in [2.24, 2.45) is 17.6 Å².